The zero-order valence-electron chi connectivity index (χ0n) is 35.0. The van der Waals surface area contributed by atoms with Gasteiger partial charge in [0.25, 0.3) is 0 Å². The summed E-state index contributed by atoms with van der Waals surface area (Å²) in [7, 11) is 0. The molecule has 0 aromatic rings. The monoisotopic (exact) mass is 741 g/mol. The maximum absolute atomic E-state index is 12.2. The molecule has 296 valence electrons. The van der Waals surface area contributed by atoms with E-state index in [0.717, 1.165) is 46.3 Å². The Morgan fingerprint density at radius 3 is 1.33 bits per heavy atom. The van der Waals surface area contributed by atoms with Crippen LogP contribution in [0.2, 0.25) is 0 Å². The maximum Gasteiger partial charge on any atom is 0.303 e. The van der Waals surface area contributed by atoms with Crippen molar-refractivity contribution in [1.82, 2.24) is 0 Å². The van der Waals surface area contributed by atoms with Gasteiger partial charge in [0.05, 0.1) is 0 Å². The zero-order valence-corrected chi connectivity index (χ0v) is 35.0. The highest BCUT2D eigenvalue weighted by Crippen LogP contribution is 2.40. The number of aliphatic hydroxyl groups excluding tert-OH is 2. The molecule has 0 amide bonds. The van der Waals surface area contributed by atoms with Gasteiger partial charge in [-0.05, 0) is 93.9 Å². The van der Waals surface area contributed by atoms with Gasteiger partial charge in [-0.3, -0.25) is 14.4 Å². The first kappa shape index (κ1) is 47.9. The van der Waals surface area contributed by atoms with Gasteiger partial charge >= 0.3 is 5.97 Å². The van der Waals surface area contributed by atoms with Crippen LogP contribution in [0.25, 0.3) is 0 Å². The third-order valence-corrected chi connectivity index (χ3v) is 9.80. The number of hydrogen-bond acceptors (Lipinski definition) is 5. The Kier molecular flexibility index (Phi) is 20.9. The summed E-state index contributed by atoms with van der Waals surface area (Å²) >= 11 is 0. The topological polar surface area (TPSA) is 112 Å². The average molecular weight is 741 g/mol. The van der Waals surface area contributed by atoms with E-state index in [0.29, 0.717) is 30.4 Å². The van der Waals surface area contributed by atoms with Crippen molar-refractivity contribution in [2.45, 2.75) is 140 Å². The Bertz CT molecular complexity index is 1550. The Balaban J connectivity index is 0.00000127. The van der Waals surface area contributed by atoms with Gasteiger partial charge in [0.15, 0.2) is 11.6 Å². The lowest BCUT2D eigenvalue weighted by molar-refractivity contribution is -0.137. The van der Waals surface area contributed by atoms with Gasteiger partial charge in [-0.1, -0.05) is 168 Å². The minimum Gasteiger partial charge on any atom is -0.481 e. The smallest absolute Gasteiger partial charge is 0.303 e. The van der Waals surface area contributed by atoms with Crippen LogP contribution in [-0.2, 0) is 14.4 Å². The number of aliphatic hydroxyl groups is 2. The Hall–Kier alpha value is -4.13. The number of carboxylic acids is 1. The van der Waals surface area contributed by atoms with Crippen molar-refractivity contribution in [3.8, 4) is 0 Å². The van der Waals surface area contributed by atoms with E-state index in [1.54, 1.807) is 13.8 Å². The number of carboxylic acid groups (broad SMARTS) is 1. The highest BCUT2D eigenvalue weighted by Gasteiger charge is 2.37. The molecule has 0 fully saturated rings. The molecule has 0 saturated carbocycles. The van der Waals surface area contributed by atoms with Crippen LogP contribution < -0.4 is 0 Å². The summed E-state index contributed by atoms with van der Waals surface area (Å²) in [6.07, 6.45) is 33.4. The minimum absolute atomic E-state index is 0.175. The van der Waals surface area contributed by atoms with E-state index in [1.807, 2.05) is 74.6 Å². The molecule has 0 saturated heterocycles. The molecule has 2 atom stereocenters. The summed E-state index contributed by atoms with van der Waals surface area (Å²) in [5.41, 5.74) is 7.16. The molecule has 3 N–H and O–H groups in total. The van der Waals surface area contributed by atoms with Crippen LogP contribution in [0, 0.1) is 10.8 Å². The van der Waals surface area contributed by atoms with Crippen molar-refractivity contribution >= 4 is 17.5 Å². The Labute approximate surface area is 326 Å². The average Bonchev–Trinajstić information content (AvgIpc) is 3.07. The summed E-state index contributed by atoms with van der Waals surface area (Å²) in [4.78, 5) is 34.5. The number of rotatable bonds is 16. The largest absolute Gasteiger partial charge is 0.481 e. The lowest BCUT2D eigenvalue weighted by Crippen LogP contribution is -2.35. The summed E-state index contributed by atoms with van der Waals surface area (Å²) in [6.45, 7) is 22.2. The predicted molar refractivity (Wildman–Crippen MR) is 226 cm³/mol. The van der Waals surface area contributed by atoms with E-state index < -0.39 is 18.2 Å². The van der Waals surface area contributed by atoms with Crippen LogP contribution in [0.15, 0.2) is 130 Å². The summed E-state index contributed by atoms with van der Waals surface area (Å²) in [5, 5.41) is 28.3. The first-order valence-corrected chi connectivity index (χ1v) is 19.4. The third kappa shape index (κ3) is 17.3. The molecule has 0 heterocycles. The van der Waals surface area contributed by atoms with Crippen LogP contribution in [0.5, 0.6) is 0 Å². The summed E-state index contributed by atoms with van der Waals surface area (Å²) in [5.74, 6) is -1.02. The molecule has 0 bridgehead atoms. The van der Waals surface area contributed by atoms with Gasteiger partial charge in [0.1, 0.15) is 12.2 Å². The second-order valence-corrected chi connectivity index (χ2v) is 16.0. The van der Waals surface area contributed by atoms with Gasteiger partial charge in [0, 0.05) is 6.42 Å². The van der Waals surface area contributed by atoms with E-state index >= 15 is 0 Å². The fourth-order valence-corrected chi connectivity index (χ4v) is 6.50. The fourth-order valence-electron chi connectivity index (χ4n) is 6.50. The normalized spacial score (nSPS) is 21.8. The van der Waals surface area contributed by atoms with Crippen LogP contribution in [0.4, 0.5) is 0 Å². The van der Waals surface area contributed by atoms with Gasteiger partial charge < -0.3 is 15.3 Å². The molecular formula is C48H68O6. The number of allylic oxidation sites excluding steroid dienone is 20. The SMILES string of the molecule is CC1=C(/C=C/C(C)=C/C=C/C(C)=C/C=C/C=C(C)/C=C/C=C(C)/C=C/C2=C(C)C(=O)C(O)CC2(C)C)C(C)(C)CC(O)C1=O.CCCCCCCC(=O)O. The van der Waals surface area contributed by atoms with E-state index in [1.165, 1.54) is 19.3 Å². The van der Waals surface area contributed by atoms with Crippen LogP contribution in [0.3, 0.4) is 0 Å². The molecule has 2 aliphatic carbocycles. The molecule has 0 aromatic heterocycles. The second-order valence-electron chi connectivity index (χ2n) is 16.0. The van der Waals surface area contributed by atoms with Gasteiger partial charge in [0.2, 0.25) is 0 Å². The third-order valence-electron chi connectivity index (χ3n) is 9.80. The van der Waals surface area contributed by atoms with Gasteiger partial charge in [-0.25, -0.2) is 0 Å². The van der Waals surface area contributed by atoms with Crippen LogP contribution in [-0.4, -0.2) is 45.1 Å². The molecule has 0 aliphatic heterocycles. The van der Waals surface area contributed by atoms with Crippen LogP contribution in [0.1, 0.15) is 128 Å². The zero-order chi connectivity index (χ0) is 41.1. The Morgan fingerprint density at radius 1 is 0.611 bits per heavy atom. The molecular weight excluding hydrogens is 673 g/mol. The molecule has 2 aliphatic rings. The molecule has 0 spiro atoms. The predicted octanol–water partition coefficient (Wildman–Crippen LogP) is 11.3. The molecule has 2 unspecified atom stereocenters. The number of carbonyl (C=O) groups is 3. The number of hydrogen-bond donors (Lipinski definition) is 3. The lowest BCUT2D eigenvalue weighted by atomic mass is 9.71. The number of Topliss-reactive ketones (excluding diaryl/α,β-unsaturated/α-hetero) is 2. The first-order chi connectivity index (χ1) is 25.2. The van der Waals surface area contributed by atoms with Crippen molar-refractivity contribution in [3.63, 3.8) is 0 Å². The molecule has 0 aromatic carbocycles. The second kappa shape index (κ2) is 23.6. The number of unbranched alkanes of at least 4 members (excludes halogenated alkanes) is 4. The molecule has 2 rings (SSSR count). The number of carbonyl (C=O) groups excluding carboxylic acids is 2. The van der Waals surface area contributed by atoms with Crippen molar-refractivity contribution in [1.29, 1.82) is 0 Å². The van der Waals surface area contributed by atoms with E-state index in [2.05, 4.69) is 72.8 Å². The van der Waals surface area contributed by atoms with Crippen molar-refractivity contribution in [2.75, 3.05) is 0 Å². The van der Waals surface area contributed by atoms with Gasteiger partial charge in [-0.2, -0.15) is 0 Å². The Morgan fingerprint density at radius 2 is 0.963 bits per heavy atom. The number of aliphatic carboxylic acids is 1. The van der Waals surface area contributed by atoms with Crippen molar-refractivity contribution < 1.29 is 29.7 Å². The highest BCUT2D eigenvalue weighted by atomic mass is 16.4. The maximum atomic E-state index is 12.2. The van der Waals surface area contributed by atoms with E-state index in [9.17, 15) is 24.6 Å². The van der Waals surface area contributed by atoms with Gasteiger partial charge in [-0.15, -0.1) is 0 Å². The standard InChI is InChI=1S/C40H52O4.C8H16O2/c1-27(17-13-19-29(3)21-23-33-31(5)37(43)35(41)25-39(33,7)8)15-11-12-16-28(2)18-14-20-30(4)22-24-34-32(6)38(44)36(42)26-40(34,9)10;1-2-3-4-5-6-7-8(9)10/h11-24,35-36,41-42H,25-26H2,1-10H3;2-7H2,1H3,(H,9,10)/b12-11+,17-13+,18-14+,23-21+,24-22+,27-15+,28-16+,29-19+,30-20+;. The first-order valence-electron chi connectivity index (χ1n) is 19.4. The summed E-state index contributed by atoms with van der Waals surface area (Å²) < 4.78 is 0. The van der Waals surface area contributed by atoms with E-state index in [4.69, 9.17) is 5.11 Å². The molecule has 0 radical (unpaired) electrons. The lowest BCUT2D eigenvalue weighted by Gasteiger charge is -2.34. The van der Waals surface area contributed by atoms with Crippen molar-refractivity contribution in [2.24, 2.45) is 10.8 Å². The molecule has 6 heteroatoms. The highest BCUT2D eigenvalue weighted by molar-refractivity contribution is 6.01. The number of ketones is 2. The van der Waals surface area contributed by atoms with Crippen LogP contribution >= 0.6 is 0 Å². The van der Waals surface area contributed by atoms with E-state index in [-0.39, 0.29) is 22.4 Å². The molecule has 54 heavy (non-hydrogen) atoms. The quantitative estimate of drug-likeness (QED) is 0.107. The van der Waals surface area contributed by atoms with Crippen molar-refractivity contribution in [3.05, 3.63) is 130 Å². The summed E-state index contributed by atoms with van der Waals surface area (Å²) in [6, 6.07) is 0. The molecule has 6 nitrogen and oxygen atoms in total. The minimum atomic E-state index is -0.907. The fraction of sp³-hybridized carbons (Fsp3) is 0.479.